The second kappa shape index (κ2) is 15.4. The van der Waals surface area contributed by atoms with E-state index in [4.69, 9.17) is 34.6 Å². The number of carbonyl (C=O) groups excluding carboxylic acids is 1. The summed E-state index contributed by atoms with van der Waals surface area (Å²) >= 11 is 0. The molecule has 1 aliphatic heterocycles. The van der Waals surface area contributed by atoms with Crippen molar-refractivity contribution in [1.29, 1.82) is 0 Å². The lowest BCUT2D eigenvalue weighted by Crippen LogP contribution is -2.50. The van der Waals surface area contributed by atoms with Gasteiger partial charge in [-0.15, -0.1) is 0 Å². The minimum atomic E-state index is -0.382. The number of hydrogen-bond acceptors (Lipinski definition) is 9. The first kappa shape index (κ1) is 37.3. The molecule has 1 amide bonds. The van der Waals surface area contributed by atoms with Gasteiger partial charge in [0.15, 0.2) is 12.5 Å². The molecule has 2 aliphatic rings. The molecule has 284 valence electrons. The molecule has 11 heteroatoms. The summed E-state index contributed by atoms with van der Waals surface area (Å²) in [7, 11) is 5.65. The molecule has 2 N–H and O–H groups in total. The molecule has 1 saturated carbocycles. The Morgan fingerprint density at radius 3 is 2.46 bits per heavy atom. The molecule has 7 rings (SSSR count). The van der Waals surface area contributed by atoms with Crippen LogP contribution >= 0.6 is 0 Å². The molecular weight excluding hydrogens is 686 g/mol. The highest BCUT2D eigenvalue weighted by atomic mass is 19.1. The molecule has 1 saturated heterocycles. The summed E-state index contributed by atoms with van der Waals surface area (Å²) < 4.78 is 40.1. The molecule has 2 atom stereocenters. The smallest absolute Gasteiger partial charge is 0.319 e. The zero-order chi connectivity index (χ0) is 38.1. The third-order valence-corrected chi connectivity index (χ3v) is 10.2. The van der Waals surface area contributed by atoms with Crippen LogP contribution in [0.3, 0.4) is 0 Å². The number of carbonyl (C=O) groups is 1. The number of rotatable bonds is 16. The van der Waals surface area contributed by atoms with Gasteiger partial charge in [0.25, 0.3) is 0 Å². The SMILES string of the molecule is COCOc1cc(-c2c(C3CC3)cc3c(N4CC[C@H]4CC(N)=O)nc(OCC(C)(C)CN(C)C)nc3c2O[C@@H](C)c2ccccc2)c2cc(F)ccc2c1. The normalized spacial score (nSPS) is 16.4. The summed E-state index contributed by atoms with van der Waals surface area (Å²) in [5, 5.41) is 2.33. The number of ether oxygens (including phenoxy) is 4. The van der Waals surface area contributed by atoms with E-state index in [9.17, 15) is 4.79 Å². The molecule has 0 radical (unpaired) electrons. The molecule has 0 bridgehead atoms. The maximum Gasteiger partial charge on any atom is 0.319 e. The summed E-state index contributed by atoms with van der Waals surface area (Å²) in [4.78, 5) is 26.6. The van der Waals surface area contributed by atoms with E-state index in [1.165, 1.54) is 6.07 Å². The minimum absolute atomic E-state index is 0.0531. The number of primary amides is 1. The lowest BCUT2D eigenvalue weighted by Gasteiger charge is -2.42. The summed E-state index contributed by atoms with van der Waals surface area (Å²) in [6.45, 7) is 8.23. The van der Waals surface area contributed by atoms with Gasteiger partial charge in [0.05, 0.1) is 6.61 Å². The van der Waals surface area contributed by atoms with Gasteiger partial charge in [-0.2, -0.15) is 9.97 Å². The Bertz CT molecular complexity index is 2160. The van der Waals surface area contributed by atoms with E-state index in [2.05, 4.69) is 29.7 Å². The standard InChI is InChI=1S/C43H50FN5O5/c1-26(27-10-8-7-9-11-27)54-40-38(35-21-32(53-25-51-6)18-29-14-15-30(44)19-33(29)35)34(28-12-13-28)22-36-39(40)46-42(52-24-43(2,3)23-48(4)5)47-41(36)49-17-16-31(49)20-37(45)50/h7-11,14-15,18-19,21-22,26,28,31H,12-13,16-17,20,23-25H2,1-6H3,(H2,45,50)/t26-,31-/m0/s1. The Labute approximate surface area is 316 Å². The Morgan fingerprint density at radius 2 is 1.80 bits per heavy atom. The third-order valence-electron chi connectivity index (χ3n) is 10.2. The van der Waals surface area contributed by atoms with Crippen LogP contribution in [0.25, 0.3) is 32.8 Å². The van der Waals surface area contributed by atoms with Gasteiger partial charge in [0.2, 0.25) is 5.91 Å². The number of aromatic nitrogens is 2. The molecule has 0 spiro atoms. The zero-order valence-electron chi connectivity index (χ0n) is 32.0. The number of nitrogens with zero attached hydrogens (tertiary/aromatic N) is 4. The van der Waals surface area contributed by atoms with E-state index in [0.717, 1.165) is 64.2 Å². The quantitative estimate of drug-likeness (QED) is 0.101. The Kier molecular flexibility index (Phi) is 10.6. The lowest BCUT2D eigenvalue weighted by molar-refractivity contribution is -0.118. The number of amides is 1. The predicted molar refractivity (Wildman–Crippen MR) is 210 cm³/mol. The van der Waals surface area contributed by atoms with Crippen LogP contribution in [0.15, 0.2) is 66.7 Å². The van der Waals surface area contributed by atoms with Gasteiger partial charge in [-0.25, -0.2) is 4.39 Å². The second-order valence-corrected chi connectivity index (χ2v) is 15.7. The summed E-state index contributed by atoms with van der Waals surface area (Å²) in [5.41, 5.74) is 9.72. The topological polar surface area (TPSA) is 112 Å². The highest BCUT2D eigenvalue weighted by Gasteiger charge is 2.37. The van der Waals surface area contributed by atoms with E-state index < -0.39 is 0 Å². The number of hydrogen-bond donors (Lipinski definition) is 1. The molecule has 2 fully saturated rings. The van der Waals surface area contributed by atoms with Crippen LogP contribution < -0.4 is 24.8 Å². The molecule has 4 aromatic carbocycles. The van der Waals surface area contributed by atoms with Crippen molar-refractivity contribution in [3.8, 4) is 28.6 Å². The van der Waals surface area contributed by atoms with Crippen LogP contribution in [-0.4, -0.2) is 74.5 Å². The average molecular weight is 736 g/mol. The van der Waals surface area contributed by atoms with Crippen molar-refractivity contribution < 1.29 is 28.1 Å². The Hall–Kier alpha value is -5.00. The van der Waals surface area contributed by atoms with Gasteiger partial charge in [0, 0.05) is 49.0 Å². The van der Waals surface area contributed by atoms with Crippen molar-refractivity contribution in [3.63, 3.8) is 0 Å². The van der Waals surface area contributed by atoms with E-state index in [1.54, 1.807) is 19.2 Å². The fourth-order valence-corrected chi connectivity index (χ4v) is 7.63. The maximum absolute atomic E-state index is 15.2. The zero-order valence-corrected chi connectivity index (χ0v) is 32.0. The molecule has 54 heavy (non-hydrogen) atoms. The summed E-state index contributed by atoms with van der Waals surface area (Å²) in [5.74, 6) is 1.34. The van der Waals surface area contributed by atoms with E-state index >= 15 is 4.39 Å². The van der Waals surface area contributed by atoms with Gasteiger partial charge < -0.3 is 34.5 Å². The second-order valence-electron chi connectivity index (χ2n) is 15.7. The van der Waals surface area contributed by atoms with E-state index in [1.807, 2.05) is 63.5 Å². The molecule has 10 nitrogen and oxygen atoms in total. The molecule has 1 aromatic heterocycles. The molecule has 5 aromatic rings. The van der Waals surface area contributed by atoms with Crippen LogP contribution in [-0.2, 0) is 9.53 Å². The van der Waals surface area contributed by atoms with Gasteiger partial charge in [0.1, 0.15) is 29.0 Å². The maximum atomic E-state index is 15.2. The van der Waals surface area contributed by atoms with Crippen LogP contribution in [0.1, 0.15) is 69.6 Å². The van der Waals surface area contributed by atoms with Gasteiger partial charge in [-0.3, -0.25) is 4.79 Å². The Balaban J connectivity index is 1.52. The first-order chi connectivity index (χ1) is 25.9. The first-order valence-corrected chi connectivity index (χ1v) is 18.7. The number of methoxy groups -OCH3 is 1. The van der Waals surface area contributed by atoms with E-state index in [-0.39, 0.29) is 54.4 Å². The van der Waals surface area contributed by atoms with Crippen molar-refractivity contribution in [2.75, 3.05) is 52.6 Å². The van der Waals surface area contributed by atoms with Gasteiger partial charge in [-0.1, -0.05) is 50.2 Å². The van der Waals surface area contributed by atoms with Gasteiger partial charge in [-0.05, 0) is 104 Å². The largest absolute Gasteiger partial charge is 0.483 e. The Morgan fingerprint density at radius 1 is 1.02 bits per heavy atom. The summed E-state index contributed by atoms with van der Waals surface area (Å²) in [6, 6.07) is 21.0. The molecule has 2 heterocycles. The van der Waals surface area contributed by atoms with Crippen LogP contribution in [0.4, 0.5) is 10.2 Å². The predicted octanol–water partition coefficient (Wildman–Crippen LogP) is 8.01. The van der Waals surface area contributed by atoms with Gasteiger partial charge >= 0.3 is 6.01 Å². The van der Waals surface area contributed by atoms with Crippen molar-refractivity contribution in [2.24, 2.45) is 11.1 Å². The highest BCUT2D eigenvalue weighted by Crippen LogP contribution is 2.54. The van der Waals surface area contributed by atoms with Crippen LogP contribution in [0.5, 0.6) is 17.5 Å². The van der Waals surface area contributed by atoms with Crippen molar-refractivity contribution in [2.45, 2.75) is 64.5 Å². The van der Waals surface area contributed by atoms with Crippen molar-refractivity contribution >= 4 is 33.4 Å². The monoisotopic (exact) mass is 735 g/mol. The summed E-state index contributed by atoms with van der Waals surface area (Å²) in [6.07, 6.45) is 2.63. The number of anilines is 1. The molecular formula is C43H50FN5O5. The number of fused-ring (bicyclic) bond motifs is 2. The lowest BCUT2D eigenvalue weighted by atomic mass is 9.89. The molecule has 1 aliphatic carbocycles. The van der Waals surface area contributed by atoms with Crippen LogP contribution in [0, 0.1) is 11.2 Å². The van der Waals surface area contributed by atoms with Crippen molar-refractivity contribution in [3.05, 3.63) is 83.7 Å². The van der Waals surface area contributed by atoms with Crippen LogP contribution in [0.2, 0.25) is 0 Å². The number of nitrogens with two attached hydrogens (primary N) is 1. The number of benzene rings is 4. The molecule has 0 unspecified atom stereocenters. The van der Waals surface area contributed by atoms with E-state index in [0.29, 0.717) is 36.0 Å². The first-order valence-electron chi connectivity index (χ1n) is 18.7. The average Bonchev–Trinajstić information content (AvgIpc) is 3.97. The number of halogens is 1. The third kappa shape index (κ3) is 8.07. The minimum Gasteiger partial charge on any atom is -0.483 e. The fraction of sp³-hybridized carbons (Fsp3) is 0.419. The highest BCUT2D eigenvalue weighted by molar-refractivity contribution is 6.06. The fourth-order valence-electron chi connectivity index (χ4n) is 7.63. The van der Waals surface area contributed by atoms with Crippen molar-refractivity contribution in [1.82, 2.24) is 14.9 Å².